The summed E-state index contributed by atoms with van der Waals surface area (Å²) in [5.41, 5.74) is 7.49. The number of hydrogen-bond acceptors (Lipinski definition) is 3. The Bertz CT molecular complexity index is 651. The molecule has 1 aliphatic heterocycles. The van der Waals surface area contributed by atoms with Gasteiger partial charge in [-0.1, -0.05) is 19.3 Å². The fraction of sp³-hybridized carbons (Fsp3) is 0.619. The molecule has 0 bridgehead atoms. The summed E-state index contributed by atoms with van der Waals surface area (Å²) in [6.07, 6.45) is 9.03. The lowest BCUT2D eigenvalue weighted by Crippen LogP contribution is -2.31. The summed E-state index contributed by atoms with van der Waals surface area (Å²) in [6.45, 7) is 11.8. The minimum Gasteiger partial charge on any atom is -0.370 e. The summed E-state index contributed by atoms with van der Waals surface area (Å²) >= 11 is 0. The van der Waals surface area contributed by atoms with Crippen molar-refractivity contribution in [2.75, 3.05) is 24.5 Å². The molecule has 2 heterocycles. The lowest BCUT2D eigenvalue weighted by Gasteiger charge is -2.31. The second-order valence-electron chi connectivity index (χ2n) is 7.43. The van der Waals surface area contributed by atoms with Crippen LogP contribution in [0, 0.1) is 12.8 Å². The standard InChI is InChI=1S/C21H31N3/c1-5-24(14-18-9-7-6-8-10-18)20-11-19(13-23-16(20)3)21-15(2)12-22-17(21)4/h11,13,18H,5-10,12,14H2,1-4H3. The Balaban J connectivity index is 1.87. The maximum atomic E-state index is 4.72. The van der Waals surface area contributed by atoms with E-state index in [9.17, 15) is 0 Å². The van der Waals surface area contributed by atoms with Crippen LogP contribution in [0.1, 0.15) is 64.1 Å². The van der Waals surface area contributed by atoms with Gasteiger partial charge in [0, 0.05) is 36.1 Å². The molecule has 0 atom stereocenters. The normalized spacial score (nSPS) is 18.9. The summed E-state index contributed by atoms with van der Waals surface area (Å²) < 4.78 is 0. The van der Waals surface area contributed by atoms with Crippen LogP contribution in [0.25, 0.3) is 5.57 Å². The molecule has 0 N–H and O–H groups in total. The molecule has 130 valence electrons. The zero-order chi connectivity index (χ0) is 17.1. The van der Waals surface area contributed by atoms with Crippen molar-refractivity contribution >= 4 is 17.0 Å². The van der Waals surface area contributed by atoms with Crippen molar-refractivity contribution in [3.8, 4) is 0 Å². The van der Waals surface area contributed by atoms with Gasteiger partial charge in [0.05, 0.1) is 17.9 Å². The van der Waals surface area contributed by atoms with Crippen LogP contribution in [0.2, 0.25) is 0 Å². The van der Waals surface area contributed by atoms with Gasteiger partial charge in [-0.15, -0.1) is 0 Å². The van der Waals surface area contributed by atoms with E-state index in [1.807, 2.05) is 6.20 Å². The molecule has 0 radical (unpaired) electrons. The SMILES string of the molecule is CCN(CC1CCCCC1)c1cc(C2=C(C)CN=C2C)cnc1C. The molecule has 2 aliphatic rings. The number of aliphatic imine (C=N–C) groups is 1. The molecule has 3 nitrogen and oxygen atoms in total. The monoisotopic (exact) mass is 325 g/mol. The number of aromatic nitrogens is 1. The lowest BCUT2D eigenvalue weighted by atomic mass is 9.88. The summed E-state index contributed by atoms with van der Waals surface area (Å²) in [7, 11) is 0. The average molecular weight is 326 g/mol. The van der Waals surface area contributed by atoms with Gasteiger partial charge in [-0.3, -0.25) is 9.98 Å². The van der Waals surface area contributed by atoms with Crippen LogP contribution in [0.4, 0.5) is 5.69 Å². The first kappa shape index (κ1) is 17.2. The van der Waals surface area contributed by atoms with E-state index in [1.54, 1.807) is 0 Å². The van der Waals surface area contributed by atoms with Gasteiger partial charge in [-0.05, 0) is 58.1 Å². The maximum Gasteiger partial charge on any atom is 0.0610 e. The fourth-order valence-electron chi connectivity index (χ4n) is 4.22. The molecule has 1 aromatic rings. The molecular weight excluding hydrogens is 294 g/mol. The van der Waals surface area contributed by atoms with Gasteiger partial charge in [-0.25, -0.2) is 0 Å². The highest BCUT2D eigenvalue weighted by Crippen LogP contribution is 2.31. The van der Waals surface area contributed by atoms with Crippen LogP contribution in [0.3, 0.4) is 0 Å². The Kier molecular flexibility index (Phi) is 5.37. The van der Waals surface area contributed by atoms with Gasteiger partial charge in [-0.2, -0.15) is 0 Å². The third-order valence-electron chi connectivity index (χ3n) is 5.62. The van der Waals surface area contributed by atoms with E-state index in [0.29, 0.717) is 0 Å². The smallest absolute Gasteiger partial charge is 0.0610 e. The first-order chi connectivity index (χ1) is 11.6. The molecule has 3 heteroatoms. The quantitative estimate of drug-likeness (QED) is 0.758. The molecule has 3 rings (SSSR count). The molecule has 0 amide bonds. The molecule has 1 saturated carbocycles. The molecule has 0 spiro atoms. The zero-order valence-electron chi connectivity index (χ0n) is 15.7. The minimum absolute atomic E-state index is 0.837. The summed E-state index contributed by atoms with van der Waals surface area (Å²) in [6, 6.07) is 2.35. The van der Waals surface area contributed by atoms with Crippen molar-refractivity contribution in [3.63, 3.8) is 0 Å². The Morgan fingerprint density at radius 2 is 1.88 bits per heavy atom. The topological polar surface area (TPSA) is 28.5 Å². The molecule has 0 saturated heterocycles. The van der Waals surface area contributed by atoms with Crippen LogP contribution in [0.15, 0.2) is 22.8 Å². The number of pyridine rings is 1. The van der Waals surface area contributed by atoms with Crippen molar-refractivity contribution in [3.05, 3.63) is 29.1 Å². The van der Waals surface area contributed by atoms with Crippen molar-refractivity contribution in [2.45, 2.75) is 59.8 Å². The largest absolute Gasteiger partial charge is 0.370 e. The van der Waals surface area contributed by atoms with Gasteiger partial charge in [0.1, 0.15) is 0 Å². The van der Waals surface area contributed by atoms with E-state index in [2.05, 4.69) is 43.7 Å². The third-order valence-corrected chi connectivity index (χ3v) is 5.62. The van der Waals surface area contributed by atoms with E-state index in [-0.39, 0.29) is 0 Å². The number of hydrogen-bond donors (Lipinski definition) is 0. The van der Waals surface area contributed by atoms with Gasteiger partial charge < -0.3 is 4.90 Å². The van der Waals surface area contributed by atoms with Crippen molar-refractivity contribution in [2.24, 2.45) is 10.9 Å². The van der Waals surface area contributed by atoms with Crippen molar-refractivity contribution in [1.29, 1.82) is 0 Å². The van der Waals surface area contributed by atoms with Crippen LogP contribution >= 0.6 is 0 Å². The highest BCUT2D eigenvalue weighted by Gasteiger charge is 2.20. The number of aryl methyl sites for hydroxylation is 1. The lowest BCUT2D eigenvalue weighted by molar-refractivity contribution is 0.359. The molecule has 24 heavy (non-hydrogen) atoms. The maximum absolute atomic E-state index is 4.72. The van der Waals surface area contributed by atoms with E-state index in [0.717, 1.165) is 30.4 Å². The third kappa shape index (κ3) is 3.55. The molecular formula is C21H31N3. The Morgan fingerprint density at radius 3 is 2.50 bits per heavy atom. The number of allylic oxidation sites excluding steroid dienone is 1. The van der Waals surface area contributed by atoms with E-state index >= 15 is 0 Å². The van der Waals surface area contributed by atoms with E-state index in [1.165, 1.54) is 61.0 Å². The number of rotatable bonds is 5. The molecule has 0 unspecified atom stereocenters. The summed E-state index contributed by atoms with van der Waals surface area (Å²) in [4.78, 5) is 11.9. The second-order valence-corrected chi connectivity index (χ2v) is 7.43. The molecule has 0 aromatic carbocycles. The molecule has 1 aromatic heterocycles. The highest BCUT2D eigenvalue weighted by atomic mass is 15.1. The van der Waals surface area contributed by atoms with Crippen molar-refractivity contribution < 1.29 is 0 Å². The van der Waals surface area contributed by atoms with Gasteiger partial charge in [0.25, 0.3) is 0 Å². The van der Waals surface area contributed by atoms with Crippen LogP contribution < -0.4 is 4.90 Å². The second kappa shape index (κ2) is 7.50. The van der Waals surface area contributed by atoms with Gasteiger partial charge in [0.15, 0.2) is 0 Å². The Labute approximate surface area is 146 Å². The molecule has 1 aliphatic carbocycles. The van der Waals surface area contributed by atoms with E-state index in [4.69, 9.17) is 4.98 Å². The predicted molar refractivity (Wildman–Crippen MR) is 104 cm³/mol. The molecule has 1 fully saturated rings. The Morgan fingerprint density at radius 1 is 1.12 bits per heavy atom. The predicted octanol–water partition coefficient (Wildman–Crippen LogP) is 5.04. The Hall–Kier alpha value is -1.64. The fourth-order valence-corrected chi connectivity index (χ4v) is 4.22. The highest BCUT2D eigenvalue weighted by molar-refractivity contribution is 6.25. The number of nitrogens with zero attached hydrogens (tertiary/aromatic N) is 3. The van der Waals surface area contributed by atoms with Gasteiger partial charge >= 0.3 is 0 Å². The minimum atomic E-state index is 0.837. The van der Waals surface area contributed by atoms with Crippen LogP contribution in [0.5, 0.6) is 0 Å². The average Bonchev–Trinajstić information content (AvgIpc) is 2.93. The van der Waals surface area contributed by atoms with Crippen LogP contribution in [-0.2, 0) is 0 Å². The first-order valence-corrected chi connectivity index (χ1v) is 9.53. The summed E-state index contributed by atoms with van der Waals surface area (Å²) in [5, 5.41) is 0. The number of anilines is 1. The van der Waals surface area contributed by atoms with Crippen LogP contribution in [-0.4, -0.2) is 30.3 Å². The van der Waals surface area contributed by atoms with Crippen molar-refractivity contribution in [1.82, 2.24) is 4.98 Å². The summed E-state index contributed by atoms with van der Waals surface area (Å²) in [5.74, 6) is 0.845. The zero-order valence-corrected chi connectivity index (χ0v) is 15.7. The first-order valence-electron chi connectivity index (χ1n) is 9.53. The van der Waals surface area contributed by atoms with Gasteiger partial charge in [0.2, 0.25) is 0 Å². The van der Waals surface area contributed by atoms with E-state index < -0.39 is 0 Å².